The Morgan fingerprint density at radius 2 is 2.23 bits per heavy atom. The molecule has 0 bridgehead atoms. The van der Waals surface area contributed by atoms with E-state index in [-0.39, 0.29) is 23.6 Å². The molecule has 0 spiro atoms. The number of ether oxygens (including phenoxy) is 1. The number of hydrogen-bond acceptors (Lipinski definition) is 5. The van der Waals surface area contributed by atoms with E-state index in [1.165, 1.54) is 18.4 Å². The van der Waals surface area contributed by atoms with Crippen molar-refractivity contribution in [2.24, 2.45) is 5.92 Å². The molecule has 1 aliphatic rings. The summed E-state index contributed by atoms with van der Waals surface area (Å²) in [6, 6.07) is 1.77. The van der Waals surface area contributed by atoms with Gasteiger partial charge < -0.3 is 10.1 Å². The van der Waals surface area contributed by atoms with Crippen molar-refractivity contribution in [3.63, 3.8) is 0 Å². The molecule has 0 radical (unpaired) electrons. The molecule has 0 unspecified atom stereocenters. The minimum atomic E-state index is -3.29. The highest BCUT2D eigenvalue weighted by molar-refractivity contribution is 7.89. The van der Waals surface area contributed by atoms with Gasteiger partial charge in [0.2, 0.25) is 15.9 Å². The van der Waals surface area contributed by atoms with E-state index in [9.17, 15) is 13.2 Å². The number of aryl methyl sites for hydroxylation is 1. The second kappa shape index (κ2) is 7.54. The van der Waals surface area contributed by atoms with Crippen LogP contribution in [0.5, 0.6) is 0 Å². The van der Waals surface area contributed by atoms with Crippen LogP contribution in [-0.2, 0) is 26.0 Å². The lowest BCUT2D eigenvalue weighted by Gasteiger charge is -2.21. The number of hydrogen-bond donors (Lipinski definition) is 1. The van der Waals surface area contributed by atoms with Crippen molar-refractivity contribution in [2.75, 3.05) is 33.1 Å². The summed E-state index contributed by atoms with van der Waals surface area (Å²) >= 11 is 1.61. The molecule has 1 amide bonds. The zero-order chi connectivity index (χ0) is 16.2. The zero-order valence-electron chi connectivity index (χ0n) is 12.8. The molecule has 1 aromatic rings. The maximum absolute atomic E-state index is 12.0. The van der Waals surface area contributed by atoms with Crippen LogP contribution in [0.4, 0.5) is 0 Å². The number of carbonyl (C=O) groups excluding carboxylic acids is 1. The lowest BCUT2D eigenvalue weighted by Crippen LogP contribution is -2.43. The number of sulfonamides is 1. The van der Waals surface area contributed by atoms with Gasteiger partial charge in [-0.1, -0.05) is 0 Å². The second-order valence-corrected chi connectivity index (χ2v) is 8.67. The third kappa shape index (κ3) is 4.77. The number of thiophene rings is 1. The van der Waals surface area contributed by atoms with Crippen LogP contribution in [0.2, 0.25) is 0 Å². The lowest BCUT2D eigenvalue weighted by atomic mass is 10.1. The molecular weight excluding hydrogens is 324 g/mol. The summed E-state index contributed by atoms with van der Waals surface area (Å²) in [4.78, 5) is 12.0. The van der Waals surface area contributed by atoms with Crippen molar-refractivity contribution < 1.29 is 17.9 Å². The van der Waals surface area contributed by atoms with Gasteiger partial charge >= 0.3 is 0 Å². The van der Waals surface area contributed by atoms with Crippen molar-refractivity contribution in [1.82, 2.24) is 9.62 Å². The first kappa shape index (κ1) is 17.4. The van der Waals surface area contributed by atoms with E-state index in [2.05, 4.69) is 5.32 Å². The van der Waals surface area contributed by atoms with Crippen LogP contribution in [0, 0.1) is 5.92 Å². The van der Waals surface area contributed by atoms with Crippen LogP contribution in [0.15, 0.2) is 16.8 Å². The molecule has 124 valence electrons. The van der Waals surface area contributed by atoms with E-state index in [0.717, 1.165) is 5.56 Å². The third-order valence-electron chi connectivity index (χ3n) is 3.75. The molecule has 1 aromatic heterocycles. The van der Waals surface area contributed by atoms with Crippen molar-refractivity contribution >= 4 is 27.3 Å². The maximum atomic E-state index is 12.0. The van der Waals surface area contributed by atoms with Gasteiger partial charge in [0.05, 0.1) is 25.0 Å². The molecule has 8 heteroatoms. The Balaban J connectivity index is 1.84. The van der Waals surface area contributed by atoms with Crippen LogP contribution in [-0.4, -0.2) is 57.7 Å². The van der Waals surface area contributed by atoms with Crippen molar-refractivity contribution in [3.8, 4) is 0 Å². The van der Waals surface area contributed by atoms with Crippen LogP contribution < -0.4 is 5.32 Å². The molecule has 6 nitrogen and oxygen atoms in total. The molecule has 0 aliphatic carbocycles. The largest absolute Gasteiger partial charge is 0.379 e. The molecule has 2 atom stereocenters. The van der Waals surface area contributed by atoms with Gasteiger partial charge in [0.25, 0.3) is 0 Å². The number of nitrogens with zero attached hydrogens (tertiary/aromatic N) is 1. The monoisotopic (exact) mass is 346 g/mol. The number of carbonyl (C=O) groups is 1. The van der Waals surface area contributed by atoms with Crippen LogP contribution in [0.3, 0.4) is 0 Å². The molecule has 2 rings (SSSR count). The zero-order valence-corrected chi connectivity index (χ0v) is 14.5. The minimum Gasteiger partial charge on any atom is -0.379 e. The second-order valence-electron chi connectivity index (χ2n) is 5.66. The predicted molar refractivity (Wildman–Crippen MR) is 86.4 cm³/mol. The summed E-state index contributed by atoms with van der Waals surface area (Å²) in [5.41, 5.74) is 1.15. The minimum absolute atomic E-state index is 0.00449. The molecule has 2 heterocycles. The fourth-order valence-electron chi connectivity index (χ4n) is 2.31. The van der Waals surface area contributed by atoms with E-state index in [0.29, 0.717) is 26.1 Å². The van der Waals surface area contributed by atoms with E-state index < -0.39 is 10.0 Å². The Morgan fingerprint density at radius 1 is 1.45 bits per heavy atom. The quantitative estimate of drug-likeness (QED) is 0.789. The molecule has 1 fully saturated rings. The number of nitrogens with one attached hydrogen (secondary N) is 1. The average molecular weight is 346 g/mol. The van der Waals surface area contributed by atoms with Gasteiger partial charge in [0.15, 0.2) is 0 Å². The van der Waals surface area contributed by atoms with E-state index in [1.54, 1.807) is 11.3 Å². The first-order chi connectivity index (χ1) is 10.4. The number of amides is 1. The number of rotatable bonds is 7. The van der Waals surface area contributed by atoms with Gasteiger partial charge in [0, 0.05) is 26.4 Å². The van der Waals surface area contributed by atoms with Gasteiger partial charge in [-0.05, 0) is 28.8 Å². The third-order valence-corrected chi connectivity index (χ3v) is 6.44. The van der Waals surface area contributed by atoms with E-state index in [4.69, 9.17) is 4.74 Å². The predicted octanol–water partition coefficient (Wildman–Crippen LogP) is 0.703. The Labute approximate surface area is 135 Å². The summed E-state index contributed by atoms with van der Waals surface area (Å²) in [7, 11) is -0.268. The van der Waals surface area contributed by atoms with Gasteiger partial charge in [-0.15, -0.1) is 0 Å². The summed E-state index contributed by atoms with van der Waals surface area (Å²) in [5.74, 6) is -0.262. The molecule has 22 heavy (non-hydrogen) atoms. The Bertz CT molecular complexity index is 584. The van der Waals surface area contributed by atoms with Crippen molar-refractivity contribution in [1.29, 1.82) is 0 Å². The molecule has 1 aliphatic heterocycles. The van der Waals surface area contributed by atoms with Crippen molar-refractivity contribution in [2.45, 2.75) is 18.9 Å². The topological polar surface area (TPSA) is 75.7 Å². The fourth-order valence-corrected chi connectivity index (χ4v) is 4.18. The fraction of sp³-hybridized carbons (Fsp3) is 0.643. The van der Waals surface area contributed by atoms with Crippen LogP contribution >= 0.6 is 11.3 Å². The first-order valence-corrected chi connectivity index (χ1v) is 9.72. The van der Waals surface area contributed by atoms with Gasteiger partial charge in [-0.25, -0.2) is 12.7 Å². The van der Waals surface area contributed by atoms with Crippen LogP contribution in [0.25, 0.3) is 0 Å². The summed E-state index contributed by atoms with van der Waals surface area (Å²) < 4.78 is 30.5. The van der Waals surface area contributed by atoms with Crippen LogP contribution in [0.1, 0.15) is 12.0 Å². The molecule has 0 aromatic carbocycles. The Hall–Kier alpha value is -0.960. The van der Waals surface area contributed by atoms with Gasteiger partial charge in [-0.2, -0.15) is 11.3 Å². The Morgan fingerprint density at radius 3 is 2.86 bits per heavy atom. The highest BCUT2D eigenvalue weighted by atomic mass is 32.2. The molecule has 1 saturated heterocycles. The van der Waals surface area contributed by atoms with Gasteiger partial charge in [-0.3, -0.25) is 4.79 Å². The summed E-state index contributed by atoms with van der Waals surface area (Å²) in [6.07, 6.45) is 1.10. The molecule has 1 N–H and O–H groups in total. The molecule has 0 saturated carbocycles. The van der Waals surface area contributed by atoms with Crippen molar-refractivity contribution in [3.05, 3.63) is 22.4 Å². The highest BCUT2D eigenvalue weighted by Gasteiger charge is 2.33. The Kier molecular flexibility index (Phi) is 5.96. The average Bonchev–Trinajstić information content (AvgIpc) is 3.08. The van der Waals surface area contributed by atoms with E-state index in [1.807, 2.05) is 16.8 Å². The lowest BCUT2D eigenvalue weighted by molar-refractivity contribution is -0.121. The SMILES string of the molecule is CN(C)S(=O)(=O)C[C@@H]1COC[C@H]1NC(=O)CCc1ccsc1. The summed E-state index contributed by atoms with van der Waals surface area (Å²) in [6.45, 7) is 0.736. The van der Waals surface area contributed by atoms with E-state index >= 15 is 0 Å². The normalized spacial score (nSPS) is 22.1. The summed E-state index contributed by atoms with van der Waals surface area (Å²) in [5, 5.41) is 6.92. The smallest absolute Gasteiger partial charge is 0.220 e. The maximum Gasteiger partial charge on any atom is 0.220 e. The molecular formula is C14H22N2O4S2. The highest BCUT2D eigenvalue weighted by Crippen LogP contribution is 2.17. The first-order valence-electron chi connectivity index (χ1n) is 7.17. The standard InChI is InChI=1S/C14H22N2O4S2/c1-16(2)22(18,19)10-12-7-20-8-13(12)15-14(17)4-3-11-5-6-21-9-11/h5-6,9,12-13H,3-4,7-8,10H2,1-2H3,(H,15,17)/t12-,13+/m0/s1. The van der Waals surface area contributed by atoms with Gasteiger partial charge in [0.1, 0.15) is 0 Å².